The van der Waals surface area contributed by atoms with Gasteiger partial charge in [-0.05, 0) is 59.8 Å². The van der Waals surface area contributed by atoms with Gasteiger partial charge in [0.25, 0.3) is 11.1 Å². The highest BCUT2D eigenvalue weighted by Crippen LogP contribution is 2.32. The van der Waals surface area contributed by atoms with Crippen molar-refractivity contribution in [3.8, 4) is 0 Å². The SMILES string of the molecule is CC(=O)Nc1ccc(C(=O)CN2C(=O)S/C(=C/c3ccc(Cl)cc3)C2=O)cc1. The summed E-state index contributed by atoms with van der Waals surface area (Å²) in [5, 5.41) is 2.68. The fourth-order valence-corrected chi connectivity index (χ4v) is 3.49. The second-order valence-electron chi connectivity index (χ2n) is 6.00. The number of ketones is 1. The van der Waals surface area contributed by atoms with E-state index in [0.29, 0.717) is 16.3 Å². The smallest absolute Gasteiger partial charge is 0.293 e. The maximum atomic E-state index is 12.5. The predicted molar refractivity (Wildman–Crippen MR) is 109 cm³/mol. The number of carbonyl (C=O) groups is 4. The number of thioether (sulfide) groups is 1. The monoisotopic (exact) mass is 414 g/mol. The maximum Gasteiger partial charge on any atom is 0.293 e. The Morgan fingerprint density at radius 1 is 1.07 bits per heavy atom. The number of nitrogens with zero attached hydrogens (tertiary/aromatic N) is 1. The molecule has 0 radical (unpaired) electrons. The number of imide groups is 1. The zero-order valence-electron chi connectivity index (χ0n) is 14.8. The van der Waals surface area contributed by atoms with Crippen LogP contribution in [0.3, 0.4) is 0 Å². The molecule has 0 aromatic heterocycles. The minimum Gasteiger partial charge on any atom is -0.326 e. The van der Waals surface area contributed by atoms with E-state index < -0.39 is 11.1 Å². The summed E-state index contributed by atoms with van der Waals surface area (Å²) in [5.74, 6) is -1.10. The van der Waals surface area contributed by atoms with Gasteiger partial charge >= 0.3 is 0 Å². The molecule has 142 valence electrons. The Labute approximate surface area is 170 Å². The van der Waals surface area contributed by atoms with Crippen LogP contribution in [0, 0.1) is 0 Å². The molecule has 1 saturated heterocycles. The van der Waals surface area contributed by atoms with Crippen molar-refractivity contribution < 1.29 is 19.2 Å². The second-order valence-corrected chi connectivity index (χ2v) is 7.43. The largest absolute Gasteiger partial charge is 0.326 e. The highest BCUT2D eigenvalue weighted by molar-refractivity contribution is 8.18. The van der Waals surface area contributed by atoms with Crippen molar-refractivity contribution in [1.82, 2.24) is 4.90 Å². The van der Waals surface area contributed by atoms with Crippen LogP contribution in [0.2, 0.25) is 5.02 Å². The first-order valence-corrected chi connectivity index (χ1v) is 9.45. The molecule has 2 aromatic rings. The molecule has 3 amide bonds. The van der Waals surface area contributed by atoms with Crippen LogP contribution >= 0.6 is 23.4 Å². The van der Waals surface area contributed by atoms with Crippen LogP contribution in [0.15, 0.2) is 53.4 Å². The summed E-state index contributed by atoms with van der Waals surface area (Å²) >= 11 is 6.63. The molecule has 1 aliphatic heterocycles. The van der Waals surface area contributed by atoms with Gasteiger partial charge in [-0.3, -0.25) is 24.1 Å². The molecule has 1 aliphatic rings. The number of rotatable bonds is 5. The van der Waals surface area contributed by atoms with Crippen LogP contribution in [0.4, 0.5) is 10.5 Å². The summed E-state index contributed by atoms with van der Waals surface area (Å²) in [6.07, 6.45) is 1.59. The summed E-state index contributed by atoms with van der Waals surface area (Å²) in [6, 6.07) is 13.1. The highest BCUT2D eigenvalue weighted by Gasteiger charge is 2.36. The molecule has 1 fully saturated rings. The van der Waals surface area contributed by atoms with Crippen LogP contribution in [-0.2, 0) is 9.59 Å². The number of Topliss-reactive ketones (excluding diaryl/α,β-unsaturated/α-hetero) is 1. The lowest BCUT2D eigenvalue weighted by Gasteiger charge is -2.11. The Morgan fingerprint density at radius 2 is 1.71 bits per heavy atom. The first kappa shape index (κ1) is 19.9. The topological polar surface area (TPSA) is 83.6 Å². The molecule has 3 rings (SSSR count). The standard InChI is InChI=1S/C20H15ClN2O4S/c1-12(24)22-16-8-4-14(5-9-16)17(25)11-23-19(26)18(28-20(23)27)10-13-2-6-15(21)7-3-13/h2-10H,11H2,1H3,(H,22,24)/b18-10+. The zero-order chi connectivity index (χ0) is 20.3. The van der Waals surface area contributed by atoms with Crippen LogP contribution in [0.25, 0.3) is 6.08 Å². The van der Waals surface area contributed by atoms with Crippen molar-refractivity contribution in [1.29, 1.82) is 0 Å². The minimum atomic E-state index is -0.506. The van der Waals surface area contributed by atoms with Gasteiger partial charge < -0.3 is 5.32 Å². The van der Waals surface area contributed by atoms with Crippen LogP contribution in [0.5, 0.6) is 0 Å². The van der Waals surface area contributed by atoms with Crippen molar-refractivity contribution in [2.45, 2.75) is 6.92 Å². The van der Waals surface area contributed by atoms with Crippen molar-refractivity contribution in [2.24, 2.45) is 0 Å². The molecule has 0 aliphatic carbocycles. The van der Waals surface area contributed by atoms with Gasteiger partial charge in [-0.1, -0.05) is 23.7 Å². The summed E-state index contributed by atoms with van der Waals surface area (Å²) in [5.41, 5.74) is 1.63. The highest BCUT2D eigenvalue weighted by atomic mass is 35.5. The maximum absolute atomic E-state index is 12.5. The van der Waals surface area contributed by atoms with Crippen LogP contribution in [0.1, 0.15) is 22.8 Å². The lowest BCUT2D eigenvalue weighted by molar-refractivity contribution is -0.122. The molecule has 0 spiro atoms. The van der Waals surface area contributed by atoms with Crippen LogP contribution < -0.4 is 5.32 Å². The molecule has 0 bridgehead atoms. The molecule has 1 heterocycles. The van der Waals surface area contributed by atoms with E-state index in [2.05, 4.69) is 5.32 Å². The van der Waals surface area contributed by atoms with E-state index in [1.54, 1.807) is 42.5 Å². The van der Waals surface area contributed by atoms with Gasteiger partial charge in [0.2, 0.25) is 5.91 Å². The number of amides is 3. The number of benzene rings is 2. The molecule has 0 atom stereocenters. The first-order valence-electron chi connectivity index (χ1n) is 8.25. The van der Waals surface area contributed by atoms with E-state index in [9.17, 15) is 19.2 Å². The average molecular weight is 415 g/mol. The van der Waals surface area contributed by atoms with Gasteiger partial charge in [-0.15, -0.1) is 0 Å². The van der Waals surface area contributed by atoms with Gasteiger partial charge in [0.1, 0.15) is 0 Å². The van der Waals surface area contributed by atoms with Crippen molar-refractivity contribution in [2.75, 3.05) is 11.9 Å². The first-order chi connectivity index (χ1) is 13.3. The molecule has 8 heteroatoms. The van der Waals surface area contributed by atoms with Gasteiger partial charge in [0.15, 0.2) is 5.78 Å². The quantitative estimate of drug-likeness (QED) is 0.585. The third kappa shape index (κ3) is 4.68. The molecular weight excluding hydrogens is 400 g/mol. The predicted octanol–water partition coefficient (Wildman–Crippen LogP) is 4.22. The summed E-state index contributed by atoms with van der Waals surface area (Å²) in [6.45, 7) is 1.04. The fourth-order valence-electron chi connectivity index (χ4n) is 2.52. The third-order valence-corrected chi connectivity index (χ3v) is 5.03. The number of halogens is 1. The van der Waals surface area contributed by atoms with Crippen molar-refractivity contribution >= 4 is 58.0 Å². The molecule has 6 nitrogen and oxygen atoms in total. The molecular formula is C20H15ClN2O4S. The number of anilines is 1. The lowest BCUT2D eigenvalue weighted by atomic mass is 10.1. The van der Waals surface area contributed by atoms with Gasteiger partial charge in [-0.25, -0.2) is 0 Å². The van der Waals surface area contributed by atoms with Crippen molar-refractivity contribution in [3.05, 3.63) is 69.6 Å². The summed E-state index contributed by atoms with van der Waals surface area (Å²) in [7, 11) is 0. The molecule has 0 saturated carbocycles. The lowest BCUT2D eigenvalue weighted by Crippen LogP contribution is -2.33. The Bertz CT molecular complexity index is 984. The Balaban J connectivity index is 1.70. The third-order valence-electron chi connectivity index (χ3n) is 3.87. The van der Waals surface area contributed by atoms with E-state index in [4.69, 9.17) is 11.6 Å². The van der Waals surface area contributed by atoms with Crippen LogP contribution in [-0.4, -0.2) is 34.3 Å². The van der Waals surface area contributed by atoms with Gasteiger partial charge in [0.05, 0.1) is 11.4 Å². The number of carbonyl (C=O) groups excluding carboxylic acids is 4. The van der Waals surface area contributed by atoms with E-state index in [1.165, 1.54) is 19.1 Å². The Morgan fingerprint density at radius 3 is 2.32 bits per heavy atom. The van der Waals surface area contributed by atoms with Gasteiger partial charge in [-0.2, -0.15) is 0 Å². The normalized spacial score (nSPS) is 15.2. The summed E-state index contributed by atoms with van der Waals surface area (Å²) < 4.78 is 0. The van der Waals surface area contributed by atoms with E-state index in [-0.39, 0.29) is 23.1 Å². The molecule has 2 aromatic carbocycles. The zero-order valence-corrected chi connectivity index (χ0v) is 16.3. The Hall–Kier alpha value is -2.90. The number of hydrogen-bond donors (Lipinski definition) is 1. The van der Waals surface area contributed by atoms with E-state index in [1.807, 2.05) is 0 Å². The fraction of sp³-hybridized carbons (Fsp3) is 0.100. The summed E-state index contributed by atoms with van der Waals surface area (Å²) in [4.78, 5) is 49.4. The van der Waals surface area contributed by atoms with E-state index >= 15 is 0 Å². The second kappa shape index (κ2) is 8.41. The van der Waals surface area contributed by atoms with Crippen molar-refractivity contribution in [3.63, 3.8) is 0 Å². The van der Waals surface area contributed by atoms with E-state index in [0.717, 1.165) is 22.2 Å². The molecule has 1 N–H and O–H groups in total. The Kier molecular flexibility index (Phi) is 5.96. The molecule has 28 heavy (non-hydrogen) atoms. The minimum absolute atomic E-state index is 0.218. The number of nitrogens with one attached hydrogen (secondary N) is 1. The van der Waals surface area contributed by atoms with Gasteiger partial charge in [0, 0.05) is 23.2 Å². The average Bonchev–Trinajstić information content (AvgIpc) is 2.91. The number of hydrogen-bond acceptors (Lipinski definition) is 5. The molecule has 0 unspecified atom stereocenters.